The molecular weight excluding hydrogens is 1720 g/mol. The van der Waals surface area contributed by atoms with Gasteiger partial charge >= 0.3 is 5.56 Å². The van der Waals surface area contributed by atoms with E-state index in [4.69, 9.17) is 66.1 Å². The molecule has 6 aliphatic rings. The number of nitrogens with one attached hydrogen (secondary N) is 1. The average molecular weight is 1810 g/mol. The summed E-state index contributed by atoms with van der Waals surface area (Å²) in [6.07, 6.45) is 9.53. The molecule has 3 fully saturated rings. The fraction of sp³-hybridized carbons (Fsp3) is 0.312. The van der Waals surface area contributed by atoms with Crippen LogP contribution in [0, 0.1) is 32.4 Å². The first-order valence-electron chi connectivity index (χ1n) is 42.2. The second-order valence-corrected chi connectivity index (χ2v) is 35.7. The first kappa shape index (κ1) is 88.7. The first-order chi connectivity index (χ1) is 61.1. The molecule has 3 amide bonds. The molecule has 0 bridgehead atoms. The third kappa shape index (κ3) is 15.1. The lowest BCUT2D eigenvalue weighted by Gasteiger charge is -2.49. The van der Waals surface area contributed by atoms with Crippen LogP contribution in [0.25, 0.3) is 83.9 Å². The van der Waals surface area contributed by atoms with Crippen molar-refractivity contribution in [1.82, 2.24) is 58.3 Å². The summed E-state index contributed by atoms with van der Waals surface area (Å²) in [5.41, 5.74) is 9.06. The van der Waals surface area contributed by atoms with Gasteiger partial charge in [-0.1, -0.05) is 126 Å². The Morgan fingerprint density at radius 2 is 0.836 bits per heavy atom. The van der Waals surface area contributed by atoms with E-state index in [-0.39, 0.29) is 167 Å². The van der Waals surface area contributed by atoms with E-state index in [0.29, 0.717) is 136 Å². The Kier molecular flexibility index (Phi) is 24.1. The van der Waals surface area contributed by atoms with E-state index in [9.17, 15) is 44.1 Å². The number of phenolic OH excluding ortho intramolecular Hbond substituents is 3. The topological polar surface area (TPSA) is 296 Å². The molecule has 6 unspecified atom stereocenters. The molecule has 26 nitrogen and oxygen atoms in total. The second kappa shape index (κ2) is 34.8. The van der Waals surface area contributed by atoms with Gasteiger partial charge in [-0.3, -0.25) is 57.4 Å². The van der Waals surface area contributed by atoms with E-state index >= 15 is 8.78 Å². The molecular formula is C96H94Cl4F2N16O10. The minimum absolute atomic E-state index is 0.0200. The van der Waals surface area contributed by atoms with E-state index < -0.39 is 17.2 Å². The highest BCUT2D eigenvalue weighted by molar-refractivity contribution is 6.37. The Morgan fingerprint density at radius 1 is 0.469 bits per heavy atom. The Morgan fingerprint density at radius 3 is 1.26 bits per heavy atom. The van der Waals surface area contributed by atoms with Crippen molar-refractivity contribution in [1.29, 1.82) is 0 Å². The molecule has 3 aromatic carbocycles. The van der Waals surface area contributed by atoms with Gasteiger partial charge in [-0.25, -0.2) is 23.7 Å². The molecule has 0 radical (unpaired) electrons. The van der Waals surface area contributed by atoms with Crippen molar-refractivity contribution in [2.45, 2.75) is 144 Å². The molecule has 4 N–H and O–H groups in total. The van der Waals surface area contributed by atoms with Crippen LogP contribution >= 0.6 is 46.4 Å². The van der Waals surface area contributed by atoms with Gasteiger partial charge in [0.1, 0.15) is 46.6 Å². The smallest absolute Gasteiger partial charge is 0.301 e. The number of fused-ring (bicyclic) bond motifs is 15. The molecule has 0 saturated carbocycles. The lowest BCUT2D eigenvalue weighted by molar-refractivity contribution is -0.129. The molecule has 3 saturated heterocycles. The number of aromatic hydroxyl groups is 3. The van der Waals surface area contributed by atoms with E-state index in [1.807, 2.05) is 111 Å². The van der Waals surface area contributed by atoms with Gasteiger partial charge in [-0.15, -0.1) is 0 Å². The second-order valence-electron chi connectivity index (χ2n) is 34.1. The molecule has 15 heterocycles. The van der Waals surface area contributed by atoms with Crippen LogP contribution < -0.4 is 41.4 Å². The number of aryl methyl sites for hydroxylation is 3. The van der Waals surface area contributed by atoms with Crippen molar-refractivity contribution in [2.24, 2.45) is 0 Å². The van der Waals surface area contributed by atoms with Gasteiger partial charge in [0.2, 0.25) is 23.5 Å². The lowest BCUT2D eigenvalue weighted by atomic mass is 9.99. The van der Waals surface area contributed by atoms with Gasteiger partial charge < -0.3 is 54.8 Å². The number of benzene rings is 3. The van der Waals surface area contributed by atoms with Crippen molar-refractivity contribution in [2.75, 3.05) is 72.4 Å². The lowest BCUT2D eigenvalue weighted by Crippen LogP contribution is -2.62. The van der Waals surface area contributed by atoms with Crippen LogP contribution in [0.5, 0.6) is 23.0 Å². The number of halogens is 6. The van der Waals surface area contributed by atoms with Crippen molar-refractivity contribution in [3.8, 4) is 73.8 Å². The molecule has 6 atom stereocenters. The highest BCUT2D eigenvalue weighted by atomic mass is 35.5. The monoisotopic (exact) mass is 1810 g/mol. The highest BCUT2D eigenvalue weighted by Crippen LogP contribution is 2.50. The van der Waals surface area contributed by atoms with Crippen LogP contribution in [0.15, 0.2) is 162 Å². The van der Waals surface area contributed by atoms with Gasteiger partial charge in [0.15, 0.2) is 22.9 Å². The van der Waals surface area contributed by atoms with Gasteiger partial charge in [-0.05, 0) is 167 Å². The number of nitrogens with zero attached hydrogens (tertiary/aromatic N) is 15. The van der Waals surface area contributed by atoms with Crippen LogP contribution in [-0.4, -0.2) is 180 Å². The molecule has 0 aliphatic carbocycles. The molecule has 0 spiro atoms. The molecule has 18 rings (SSSR count). The molecule has 9 aromatic heterocycles. The fourth-order valence-electron chi connectivity index (χ4n) is 18.8. The Balaban J connectivity index is 0.000000141. The Labute approximate surface area is 756 Å². The van der Waals surface area contributed by atoms with Crippen LogP contribution in [0.2, 0.25) is 20.1 Å². The minimum atomic E-state index is -0.731. The number of piperazine rings is 3. The predicted octanol–water partition coefficient (Wildman–Crippen LogP) is 16.8. The number of ether oxygens (including phenoxy) is 1. The Bertz CT molecular complexity index is 6550. The number of carbonyl (C=O) groups is 3. The summed E-state index contributed by atoms with van der Waals surface area (Å²) in [5, 5.41) is 37.7. The maximum atomic E-state index is 16.1. The molecule has 660 valence electrons. The van der Waals surface area contributed by atoms with E-state index in [1.54, 1.807) is 69.4 Å². The summed E-state index contributed by atoms with van der Waals surface area (Å²) in [6, 6.07) is 22.8. The fourth-order valence-corrected chi connectivity index (χ4v) is 19.8. The number of anilines is 4. The standard InChI is InChI=1S/C32H31Cl2N5O3.C32H32ClFN6O3.C32H31ClFN5O4/c1-6-25(41)37-15-19-12-21-30(38(19)14-18(37)5)20-13-23(34)28(26-22(33)8-7-9-24(26)40)36-31(20)39(32(21)42)29-17(4)10-11-35-27(29)16(2)3;1-6-24(42)38-15-19-13-36-28-30(39(19)14-18(38)5)20-12-22(34)27(25-21(33)8-7-9-23(25)41)37-31(20)40(32(28)43)29-17(4)10-11-35-26(29)16(2)3;1-6-24(41)37-14-19-15-43-30-29(38(19)13-18(37)5)20-12-22(34)27(25-21(33)8-7-9-23(25)40)36-31(20)39(32(30)42)28-17(4)10-11-35-26(28)16(2)3/h6-11,13,16,18-19,40H,1,12,14-15H2,2-5H3;6-12,16,18-19,36,41H,1,13-15H2,2-5H3;6-12,16,18-19,40H,1,13-15H2,2-5H3. The van der Waals surface area contributed by atoms with Gasteiger partial charge in [0.25, 0.3) is 11.1 Å². The van der Waals surface area contributed by atoms with Crippen molar-refractivity contribution in [3.63, 3.8) is 0 Å². The first-order valence-corrected chi connectivity index (χ1v) is 43.7. The summed E-state index contributed by atoms with van der Waals surface area (Å²) in [7, 11) is 0. The number of phenols is 3. The van der Waals surface area contributed by atoms with Crippen molar-refractivity contribution in [3.05, 3.63) is 250 Å². The van der Waals surface area contributed by atoms with Gasteiger partial charge in [-0.2, -0.15) is 0 Å². The van der Waals surface area contributed by atoms with Crippen molar-refractivity contribution < 1.29 is 43.2 Å². The van der Waals surface area contributed by atoms with E-state index in [0.717, 1.165) is 28.1 Å². The van der Waals surface area contributed by atoms with E-state index in [2.05, 4.69) is 49.8 Å². The zero-order valence-electron chi connectivity index (χ0n) is 72.5. The summed E-state index contributed by atoms with van der Waals surface area (Å²) in [4.78, 5) is 121. The van der Waals surface area contributed by atoms with E-state index in [1.165, 1.54) is 63.8 Å². The van der Waals surface area contributed by atoms with Gasteiger partial charge in [0, 0.05) is 111 Å². The summed E-state index contributed by atoms with van der Waals surface area (Å²) < 4.78 is 43.0. The zero-order chi connectivity index (χ0) is 91.5. The summed E-state index contributed by atoms with van der Waals surface area (Å²) in [6.45, 7) is 37.7. The number of carbonyl (C=O) groups excluding carboxylic acids is 3. The maximum Gasteiger partial charge on any atom is 0.301 e. The van der Waals surface area contributed by atoms with Crippen LogP contribution in [0.1, 0.15) is 119 Å². The van der Waals surface area contributed by atoms with Gasteiger partial charge in [0.05, 0.1) is 112 Å². The number of rotatable bonds is 12. The van der Waals surface area contributed by atoms with Crippen LogP contribution in [0.3, 0.4) is 0 Å². The maximum absolute atomic E-state index is 16.1. The summed E-state index contributed by atoms with van der Waals surface area (Å²) >= 11 is 26.3. The number of hydrogen-bond donors (Lipinski definition) is 4. The largest absolute Gasteiger partial charge is 0.507 e. The SMILES string of the molecule is C=CC(=O)N1CC2CNc3c(c4cc(F)c(-c5c(O)cccc5Cl)nc4n(-c4c(C)ccnc4C(C)C)c3=O)N2CC1C.C=CC(=O)N1CC2COc3c(c4cc(F)c(-c5c(O)cccc5Cl)nc4n(-c4c(C)ccnc4C(C)C)c3=O)N2CC1C.C=CC(=O)N1CC2Cc3c(c4cc(Cl)c(-c5c(O)cccc5Cl)nc4n(-c4c(C)ccnc4C(C)C)c3=O)N2CC1C. The number of aromatic nitrogens is 9. The third-order valence-electron chi connectivity index (χ3n) is 24.9. The predicted molar refractivity (Wildman–Crippen MR) is 498 cm³/mol. The number of pyridine rings is 9. The molecule has 128 heavy (non-hydrogen) atoms. The summed E-state index contributed by atoms with van der Waals surface area (Å²) in [5.74, 6) is -2.44. The quantitative estimate of drug-likeness (QED) is 0.0826. The average Bonchev–Trinajstić information content (AvgIpc) is 1.17. The highest BCUT2D eigenvalue weighted by Gasteiger charge is 2.46. The van der Waals surface area contributed by atoms with Crippen LogP contribution in [0.4, 0.5) is 31.5 Å². The zero-order valence-corrected chi connectivity index (χ0v) is 75.5. The Hall–Kier alpha value is -12.8. The third-order valence-corrected chi connectivity index (χ3v) is 26.1. The van der Waals surface area contributed by atoms with Crippen LogP contribution in [-0.2, 0) is 20.8 Å². The normalized spacial score (nSPS) is 17.9. The van der Waals surface area contributed by atoms with Crippen molar-refractivity contribution >= 4 is 120 Å². The number of hydrogen-bond acceptors (Lipinski definition) is 20. The molecule has 32 heteroatoms. The molecule has 6 aliphatic heterocycles. The number of amides is 3. The minimum Gasteiger partial charge on any atom is -0.507 e. The molecule has 12 aromatic rings.